The third-order valence-electron chi connectivity index (χ3n) is 3.91. The Morgan fingerprint density at radius 3 is 2.78 bits per heavy atom. The summed E-state index contributed by atoms with van der Waals surface area (Å²) in [6.45, 7) is 4.91. The van der Waals surface area contributed by atoms with E-state index in [9.17, 15) is 5.11 Å². The van der Waals surface area contributed by atoms with Crippen LogP contribution in [-0.4, -0.2) is 31.5 Å². The molecule has 1 saturated heterocycles. The molecule has 2 N–H and O–H groups in total. The third kappa shape index (κ3) is 3.31. The van der Waals surface area contributed by atoms with E-state index in [4.69, 9.17) is 4.74 Å². The first-order chi connectivity index (χ1) is 8.76. The zero-order valence-corrected chi connectivity index (χ0v) is 11.1. The van der Waals surface area contributed by atoms with Crippen molar-refractivity contribution in [3.05, 3.63) is 35.9 Å². The number of benzene rings is 1. The summed E-state index contributed by atoms with van der Waals surface area (Å²) < 4.78 is 5.50. The smallest absolute Gasteiger partial charge is 0.0536 e. The SMILES string of the molecule is CC(NCC1(CCO)CCOC1)c1ccccc1. The summed E-state index contributed by atoms with van der Waals surface area (Å²) in [4.78, 5) is 0. The number of hydrogen-bond acceptors (Lipinski definition) is 3. The molecule has 0 spiro atoms. The fourth-order valence-electron chi connectivity index (χ4n) is 2.54. The maximum Gasteiger partial charge on any atom is 0.0536 e. The van der Waals surface area contributed by atoms with Crippen molar-refractivity contribution in [1.29, 1.82) is 0 Å². The Kier molecular flexibility index (Phi) is 4.75. The van der Waals surface area contributed by atoms with Gasteiger partial charge < -0.3 is 15.2 Å². The van der Waals surface area contributed by atoms with Crippen molar-refractivity contribution in [3.8, 4) is 0 Å². The molecule has 3 nitrogen and oxygen atoms in total. The average molecular weight is 249 g/mol. The topological polar surface area (TPSA) is 41.5 Å². The van der Waals surface area contributed by atoms with Crippen LogP contribution < -0.4 is 5.32 Å². The highest BCUT2D eigenvalue weighted by atomic mass is 16.5. The lowest BCUT2D eigenvalue weighted by Gasteiger charge is -2.29. The van der Waals surface area contributed by atoms with E-state index >= 15 is 0 Å². The van der Waals surface area contributed by atoms with E-state index in [-0.39, 0.29) is 12.0 Å². The first-order valence-corrected chi connectivity index (χ1v) is 6.73. The predicted molar refractivity (Wildman–Crippen MR) is 72.4 cm³/mol. The van der Waals surface area contributed by atoms with E-state index in [1.807, 2.05) is 6.07 Å². The van der Waals surface area contributed by atoms with Crippen LogP contribution in [0.1, 0.15) is 31.4 Å². The average Bonchev–Trinajstić information content (AvgIpc) is 2.87. The number of nitrogens with one attached hydrogen (secondary N) is 1. The highest BCUT2D eigenvalue weighted by molar-refractivity contribution is 5.18. The van der Waals surface area contributed by atoms with Gasteiger partial charge in [0.25, 0.3) is 0 Å². The Labute approximate surface area is 109 Å². The van der Waals surface area contributed by atoms with Crippen LogP contribution in [0.2, 0.25) is 0 Å². The van der Waals surface area contributed by atoms with Crippen LogP contribution in [0.15, 0.2) is 30.3 Å². The van der Waals surface area contributed by atoms with Gasteiger partial charge in [0.15, 0.2) is 0 Å². The van der Waals surface area contributed by atoms with E-state index in [0.29, 0.717) is 6.04 Å². The molecule has 3 heteroatoms. The Morgan fingerprint density at radius 1 is 1.39 bits per heavy atom. The summed E-state index contributed by atoms with van der Waals surface area (Å²) in [5, 5.41) is 12.8. The minimum absolute atomic E-state index is 0.123. The molecular weight excluding hydrogens is 226 g/mol. The zero-order chi connectivity index (χ0) is 12.8. The number of aliphatic hydroxyl groups is 1. The van der Waals surface area contributed by atoms with Gasteiger partial charge in [-0.2, -0.15) is 0 Å². The van der Waals surface area contributed by atoms with Gasteiger partial charge in [-0.05, 0) is 25.3 Å². The van der Waals surface area contributed by atoms with Crippen LogP contribution >= 0.6 is 0 Å². The summed E-state index contributed by atoms with van der Waals surface area (Å²) in [6.07, 6.45) is 1.86. The predicted octanol–water partition coefficient (Wildman–Crippen LogP) is 2.13. The zero-order valence-electron chi connectivity index (χ0n) is 11.1. The molecule has 1 aromatic carbocycles. The summed E-state index contributed by atoms with van der Waals surface area (Å²) in [5.74, 6) is 0. The van der Waals surface area contributed by atoms with Crippen molar-refractivity contribution in [1.82, 2.24) is 5.32 Å². The molecule has 1 aliphatic heterocycles. The molecule has 2 unspecified atom stereocenters. The molecule has 18 heavy (non-hydrogen) atoms. The minimum Gasteiger partial charge on any atom is -0.396 e. The summed E-state index contributed by atoms with van der Waals surface area (Å²) >= 11 is 0. The number of hydrogen-bond donors (Lipinski definition) is 2. The van der Waals surface area contributed by atoms with Gasteiger partial charge in [0, 0.05) is 31.2 Å². The van der Waals surface area contributed by atoms with Gasteiger partial charge in [0.05, 0.1) is 6.61 Å². The van der Waals surface area contributed by atoms with Gasteiger partial charge in [-0.3, -0.25) is 0 Å². The van der Waals surface area contributed by atoms with Crippen LogP contribution in [0.3, 0.4) is 0 Å². The molecule has 2 atom stereocenters. The molecule has 2 rings (SSSR count). The molecule has 1 aliphatic rings. The third-order valence-corrected chi connectivity index (χ3v) is 3.91. The van der Waals surface area contributed by atoms with Gasteiger partial charge in [-0.15, -0.1) is 0 Å². The summed E-state index contributed by atoms with van der Waals surface area (Å²) in [6, 6.07) is 10.8. The van der Waals surface area contributed by atoms with E-state index in [1.54, 1.807) is 0 Å². The van der Waals surface area contributed by atoms with Gasteiger partial charge in [0.2, 0.25) is 0 Å². The van der Waals surface area contributed by atoms with Crippen molar-refractivity contribution < 1.29 is 9.84 Å². The molecule has 0 amide bonds. The number of rotatable bonds is 6. The fraction of sp³-hybridized carbons (Fsp3) is 0.600. The van der Waals surface area contributed by atoms with Crippen molar-refractivity contribution in [2.75, 3.05) is 26.4 Å². The molecule has 1 fully saturated rings. The van der Waals surface area contributed by atoms with Crippen LogP contribution in [0.5, 0.6) is 0 Å². The summed E-state index contributed by atoms with van der Waals surface area (Å²) in [7, 11) is 0. The van der Waals surface area contributed by atoms with E-state index in [2.05, 4.69) is 36.5 Å². The molecule has 0 saturated carbocycles. The lowest BCUT2D eigenvalue weighted by Crippen LogP contribution is -2.36. The normalized spacial score (nSPS) is 25.2. The van der Waals surface area contributed by atoms with Gasteiger partial charge in [0.1, 0.15) is 0 Å². The molecule has 1 heterocycles. The fourth-order valence-corrected chi connectivity index (χ4v) is 2.54. The van der Waals surface area contributed by atoms with Gasteiger partial charge in [-0.1, -0.05) is 30.3 Å². The summed E-state index contributed by atoms with van der Waals surface area (Å²) in [5.41, 5.74) is 1.42. The highest BCUT2D eigenvalue weighted by Gasteiger charge is 2.34. The largest absolute Gasteiger partial charge is 0.396 e. The monoisotopic (exact) mass is 249 g/mol. The second kappa shape index (κ2) is 6.32. The Bertz CT molecular complexity index is 347. The van der Waals surface area contributed by atoms with Gasteiger partial charge in [-0.25, -0.2) is 0 Å². The van der Waals surface area contributed by atoms with Crippen LogP contribution in [0.4, 0.5) is 0 Å². The van der Waals surface area contributed by atoms with Crippen molar-refractivity contribution in [2.45, 2.75) is 25.8 Å². The van der Waals surface area contributed by atoms with Crippen LogP contribution in [0, 0.1) is 5.41 Å². The van der Waals surface area contributed by atoms with Gasteiger partial charge >= 0.3 is 0 Å². The molecule has 0 bridgehead atoms. The Morgan fingerprint density at radius 2 is 2.17 bits per heavy atom. The quantitative estimate of drug-likeness (QED) is 0.811. The van der Waals surface area contributed by atoms with E-state index < -0.39 is 0 Å². The van der Waals surface area contributed by atoms with E-state index in [1.165, 1.54) is 5.56 Å². The molecule has 100 valence electrons. The van der Waals surface area contributed by atoms with Crippen molar-refractivity contribution in [3.63, 3.8) is 0 Å². The number of ether oxygens (including phenoxy) is 1. The second-order valence-electron chi connectivity index (χ2n) is 5.29. The van der Waals surface area contributed by atoms with Crippen molar-refractivity contribution in [2.24, 2.45) is 5.41 Å². The standard InChI is InChI=1S/C15H23NO2/c1-13(14-5-3-2-4-6-14)16-11-15(7-9-17)8-10-18-12-15/h2-6,13,16-17H,7-12H2,1H3. The Balaban J connectivity index is 1.90. The number of aliphatic hydroxyl groups excluding tert-OH is 1. The van der Waals surface area contributed by atoms with Crippen LogP contribution in [0.25, 0.3) is 0 Å². The highest BCUT2D eigenvalue weighted by Crippen LogP contribution is 2.32. The minimum atomic E-state index is 0.123. The first kappa shape index (κ1) is 13.5. The van der Waals surface area contributed by atoms with Crippen molar-refractivity contribution >= 4 is 0 Å². The molecule has 1 aromatic rings. The maximum absolute atomic E-state index is 9.19. The maximum atomic E-state index is 9.19. The molecule has 0 radical (unpaired) electrons. The lowest BCUT2D eigenvalue weighted by molar-refractivity contribution is 0.122. The van der Waals surface area contributed by atoms with Crippen LogP contribution in [-0.2, 0) is 4.74 Å². The lowest BCUT2D eigenvalue weighted by atomic mass is 9.83. The second-order valence-corrected chi connectivity index (χ2v) is 5.29. The molecule has 0 aromatic heterocycles. The van der Waals surface area contributed by atoms with E-state index in [0.717, 1.165) is 32.6 Å². The Hall–Kier alpha value is -0.900. The first-order valence-electron chi connectivity index (χ1n) is 6.73. The molecule has 0 aliphatic carbocycles. The molecular formula is C15H23NO2.